The first-order valence-electron chi connectivity index (χ1n) is 6.31. The van der Waals surface area contributed by atoms with E-state index in [1.54, 1.807) is 6.20 Å². The maximum absolute atomic E-state index is 6.19. The summed E-state index contributed by atoms with van der Waals surface area (Å²) in [6.45, 7) is 0.770. The number of benzene rings is 1. The van der Waals surface area contributed by atoms with Crippen LogP contribution in [0.15, 0.2) is 36.7 Å². The van der Waals surface area contributed by atoms with Gasteiger partial charge in [-0.25, -0.2) is 4.98 Å². The van der Waals surface area contributed by atoms with Crippen LogP contribution < -0.4 is 10.5 Å². The third kappa shape index (κ3) is 2.11. The van der Waals surface area contributed by atoms with Gasteiger partial charge in [-0.1, -0.05) is 18.2 Å². The number of fused-ring (bicyclic) bond motifs is 1. The maximum Gasteiger partial charge on any atom is 0.123 e. The smallest absolute Gasteiger partial charge is 0.123 e. The summed E-state index contributed by atoms with van der Waals surface area (Å²) in [6.07, 6.45) is 5.47. The zero-order valence-electron chi connectivity index (χ0n) is 10.2. The Morgan fingerprint density at radius 1 is 1.44 bits per heavy atom. The highest BCUT2D eigenvalue weighted by atomic mass is 16.5. The fraction of sp³-hybridized carbons (Fsp3) is 0.357. The number of hydrogen-bond acceptors (Lipinski definition) is 3. The van der Waals surface area contributed by atoms with Crippen LogP contribution in [0.1, 0.15) is 36.2 Å². The van der Waals surface area contributed by atoms with E-state index in [2.05, 4.69) is 22.1 Å². The molecule has 0 aliphatic carbocycles. The molecule has 2 atom stereocenters. The number of rotatable bonds is 3. The van der Waals surface area contributed by atoms with Crippen LogP contribution >= 0.6 is 0 Å². The highest BCUT2D eigenvalue weighted by Crippen LogP contribution is 2.37. The van der Waals surface area contributed by atoms with Crippen LogP contribution in [0.4, 0.5) is 0 Å². The Kier molecular flexibility index (Phi) is 3.02. The number of hydrogen-bond donors (Lipinski definition) is 2. The second-order valence-electron chi connectivity index (χ2n) is 4.69. The molecule has 0 saturated carbocycles. The van der Waals surface area contributed by atoms with Crippen molar-refractivity contribution >= 4 is 0 Å². The number of H-pyrrole nitrogens is 1. The lowest BCUT2D eigenvalue weighted by molar-refractivity contribution is 0.258. The van der Waals surface area contributed by atoms with Crippen molar-refractivity contribution in [3.63, 3.8) is 0 Å². The van der Waals surface area contributed by atoms with Gasteiger partial charge in [0.2, 0.25) is 0 Å². The average Bonchev–Trinajstić information content (AvgIpc) is 2.93. The quantitative estimate of drug-likeness (QED) is 0.869. The minimum Gasteiger partial charge on any atom is -0.493 e. The van der Waals surface area contributed by atoms with Gasteiger partial charge in [0.15, 0.2) is 0 Å². The third-order valence-electron chi connectivity index (χ3n) is 3.49. The minimum atomic E-state index is -0.0452. The second kappa shape index (κ2) is 4.82. The van der Waals surface area contributed by atoms with Gasteiger partial charge in [0, 0.05) is 12.4 Å². The minimum absolute atomic E-state index is 0.0452. The molecular weight excluding hydrogens is 226 g/mol. The van der Waals surface area contributed by atoms with Crippen molar-refractivity contribution in [3.8, 4) is 5.75 Å². The lowest BCUT2D eigenvalue weighted by Gasteiger charge is -2.27. The first-order valence-corrected chi connectivity index (χ1v) is 6.31. The largest absolute Gasteiger partial charge is 0.493 e. The van der Waals surface area contributed by atoms with Crippen LogP contribution in [0.25, 0.3) is 0 Å². The third-order valence-corrected chi connectivity index (χ3v) is 3.49. The van der Waals surface area contributed by atoms with Crippen LogP contribution in [-0.2, 0) is 0 Å². The first-order chi connectivity index (χ1) is 8.84. The van der Waals surface area contributed by atoms with E-state index < -0.39 is 0 Å². The van der Waals surface area contributed by atoms with Gasteiger partial charge in [0.1, 0.15) is 11.6 Å². The van der Waals surface area contributed by atoms with E-state index in [0.717, 1.165) is 31.0 Å². The first kappa shape index (κ1) is 11.3. The van der Waals surface area contributed by atoms with E-state index >= 15 is 0 Å². The van der Waals surface area contributed by atoms with Crippen molar-refractivity contribution < 1.29 is 4.74 Å². The molecule has 1 aliphatic rings. The van der Waals surface area contributed by atoms with E-state index in [1.807, 2.05) is 18.3 Å². The Labute approximate surface area is 106 Å². The van der Waals surface area contributed by atoms with Gasteiger partial charge in [-0.15, -0.1) is 0 Å². The molecule has 4 heteroatoms. The van der Waals surface area contributed by atoms with Crippen molar-refractivity contribution in [1.82, 2.24) is 9.97 Å². The molecule has 3 N–H and O–H groups in total. The van der Waals surface area contributed by atoms with Crippen LogP contribution in [0.3, 0.4) is 0 Å². The topological polar surface area (TPSA) is 63.9 Å². The Balaban J connectivity index is 1.78. The molecule has 0 radical (unpaired) electrons. The molecule has 2 heterocycles. The monoisotopic (exact) mass is 243 g/mol. The molecule has 1 aliphatic heterocycles. The van der Waals surface area contributed by atoms with Crippen molar-refractivity contribution in [2.75, 3.05) is 6.61 Å². The highest BCUT2D eigenvalue weighted by Gasteiger charge is 2.24. The van der Waals surface area contributed by atoms with Gasteiger partial charge in [0.05, 0.1) is 12.6 Å². The van der Waals surface area contributed by atoms with Crippen molar-refractivity contribution in [1.29, 1.82) is 0 Å². The van der Waals surface area contributed by atoms with Crippen LogP contribution in [-0.4, -0.2) is 16.6 Å². The molecule has 18 heavy (non-hydrogen) atoms. The summed E-state index contributed by atoms with van der Waals surface area (Å²) in [7, 11) is 0. The number of nitrogens with one attached hydrogen (secondary N) is 1. The summed E-state index contributed by atoms with van der Waals surface area (Å²) in [5, 5.41) is 0. The molecule has 0 spiro atoms. The zero-order chi connectivity index (χ0) is 12.4. The van der Waals surface area contributed by atoms with E-state index in [1.165, 1.54) is 5.56 Å². The molecule has 2 unspecified atom stereocenters. The predicted molar refractivity (Wildman–Crippen MR) is 69.4 cm³/mol. The van der Waals surface area contributed by atoms with E-state index in [0.29, 0.717) is 5.92 Å². The molecular formula is C14H17N3O. The van der Waals surface area contributed by atoms with Gasteiger partial charge in [-0.3, -0.25) is 0 Å². The number of imidazole rings is 1. The molecule has 3 rings (SSSR count). The molecule has 0 saturated heterocycles. The van der Waals surface area contributed by atoms with Crippen LogP contribution in [0, 0.1) is 0 Å². The summed E-state index contributed by atoms with van der Waals surface area (Å²) in [4.78, 5) is 7.31. The van der Waals surface area contributed by atoms with Gasteiger partial charge in [-0.05, 0) is 30.4 Å². The Morgan fingerprint density at radius 2 is 2.33 bits per heavy atom. The fourth-order valence-electron chi connectivity index (χ4n) is 2.56. The van der Waals surface area contributed by atoms with Crippen molar-refractivity contribution in [2.24, 2.45) is 5.73 Å². The number of nitrogens with zero attached hydrogens (tertiary/aromatic N) is 1. The van der Waals surface area contributed by atoms with Gasteiger partial charge in [-0.2, -0.15) is 0 Å². The van der Waals surface area contributed by atoms with Crippen LogP contribution in [0.2, 0.25) is 0 Å². The summed E-state index contributed by atoms with van der Waals surface area (Å²) in [6, 6.07) is 8.18. The van der Waals surface area contributed by atoms with Gasteiger partial charge in [0.25, 0.3) is 0 Å². The second-order valence-corrected chi connectivity index (χ2v) is 4.69. The van der Waals surface area contributed by atoms with E-state index in [-0.39, 0.29) is 6.04 Å². The van der Waals surface area contributed by atoms with Crippen LogP contribution in [0.5, 0.6) is 5.75 Å². The highest BCUT2D eigenvalue weighted by molar-refractivity contribution is 5.37. The molecule has 1 aromatic heterocycles. The fourth-order valence-corrected chi connectivity index (χ4v) is 2.56. The lowest BCUT2D eigenvalue weighted by atomic mass is 9.87. The van der Waals surface area contributed by atoms with E-state index in [9.17, 15) is 0 Å². The number of para-hydroxylation sites is 1. The molecule has 0 bridgehead atoms. The molecule has 2 aromatic rings. The summed E-state index contributed by atoms with van der Waals surface area (Å²) < 4.78 is 5.66. The Morgan fingerprint density at radius 3 is 3.17 bits per heavy atom. The average molecular weight is 243 g/mol. The lowest BCUT2D eigenvalue weighted by Crippen LogP contribution is -2.20. The zero-order valence-corrected chi connectivity index (χ0v) is 10.2. The normalized spacial score (nSPS) is 19.9. The van der Waals surface area contributed by atoms with Crippen molar-refractivity contribution in [2.45, 2.75) is 24.8 Å². The standard InChI is InChI=1S/C14H17N3O/c15-12(14-16-6-7-17-14)9-10-5-8-18-13-4-2-1-3-11(10)13/h1-4,6-7,10,12H,5,8-9,15H2,(H,16,17). The predicted octanol–water partition coefficient (Wildman–Crippen LogP) is 2.37. The molecule has 94 valence electrons. The summed E-state index contributed by atoms with van der Waals surface area (Å²) >= 11 is 0. The maximum atomic E-state index is 6.19. The number of aromatic amines is 1. The Bertz CT molecular complexity index is 510. The summed E-state index contributed by atoms with van der Waals surface area (Å²) in [5.41, 5.74) is 7.46. The number of ether oxygens (including phenoxy) is 1. The summed E-state index contributed by atoms with van der Waals surface area (Å²) in [5.74, 6) is 2.31. The van der Waals surface area contributed by atoms with Gasteiger partial charge < -0.3 is 15.5 Å². The molecule has 1 aromatic carbocycles. The van der Waals surface area contributed by atoms with Gasteiger partial charge >= 0.3 is 0 Å². The van der Waals surface area contributed by atoms with Crippen molar-refractivity contribution in [3.05, 3.63) is 48.0 Å². The Hall–Kier alpha value is -1.81. The van der Waals surface area contributed by atoms with E-state index in [4.69, 9.17) is 10.5 Å². The molecule has 4 nitrogen and oxygen atoms in total. The number of nitrogens with two attached hydrogens (primary N) is 1. The number of aromatic nitrogens is 2. The molecule has 0 amide bonds. The SMILES string of the molecule is NC(CC1CCOc2ccccc21)c1ncc[nH]1. The molecule has 0 fully saturated rings.